The summed E-state index contributed by atoms with van der Waals surface area (Å²) in [6, 6.07) is 0. The highest BCUT2D eigenvalue weighted by Crippen LogP contribution is 2.02. The summed E-state index contributed by atoms with van der Waals surface area (Å²) in [6.45, 7) is 9.90. The Hall–Kier alpha value is -1.58. The number of carbonyl (C=O) groups excluding carboxylic acids is 2. The van der Waals surface area contributed by atoms with E-state index in [1.807, 2.05) is 0 Å². The summed E-state index contributed by atoms with van der Waals surface area (Å²) >= 11 is 0. The van der Waals surface area contributed by atoms with Gasteiger partial charge < -0.3 is 4.74 Å². The summed E-state index contributed by atoms with van der Waals surface area (Å²) in [4.78, 5) is 22.5. The molecule has 0 N–H and O–H groups in total. The monoisotopic (exact) mass is 183 g/mol. The number of hydrogen-bond acceptors (Lipinski definition) is 3. The molecule has 0 rings (SSSR count). The van der Waals surface area contributed by atoms with Crippen LogP contribution in [0, 0.1) is 0 Å². The molecule has 0 aliphatic rings. The molecule has 0 heterocycles. The minimum Gasteiger partial charge on any atom is -0.438 e. The Morgan fingerprint density at radius 3 is 2.46 bits per heavy atom. The predicted molar refractivity (Wildman–Crippen MR) is 48.5 cm³/mol. The van der Waals surface area contributed by atoms with Gasteiger partial charge in [-0.05, 0) is 13.8 Å². The predicted octanol–water partition coefficient (Wildman–Crippen LogP) is 1.05. The lowest BCUT2D eigenvalue weighted by atomic mass is 10.4. The van der Waals surface area contributed by atoms with Crippen molar-refractivity contribution in [2.45, 2.75) is 20.1 Å². The van der Waals surface area contributed by atoms with Crippen molar-refractivity contribution < 1.29 is 14.3 Å². The van der Waals surface area contributed by atoms with Gasteiger partial charge in [-0.2, -0.15) is 0 Å². The number of amides is 1. The zero-order chi connectivity index (χ0) is 10.4. The number of esters is 1. The lowest BCUT2D eigenvalue weighted by Gasteiger charge is -2.20. The average molecular weight is 183 g/mol. The van der Waals surface area contributed by atoms with Crippen molar-refractivity contribution in [2.75, 3.05) is 0 Å². The Balaban J connectivity index is 4.20. The van der Waals surface area contributed by atoms with Gasteiger partial charge in [0, 0.05) is 11.8 Å². The Kier molecular flexibility index (Phi) is 4.51. The molecular weight excluding hydrogens is 170 g/mol. The lowest BCUT2D eigenvalue weighted by Crippen LogP contribution is -2.31. The van der Waals surface area contributed by atoms with Gasteiger partial charge in [0.2, 0.25) is 6.41 Å². The van der Waals surface area contributed by atoms with Crippen LogP contribution < -0.4 is 0 Å². The first-order chi connectivity index (χ1) is 6.02. The van der Waals surface area contributed by atoms with E-state index < -0.39 is 12.2 Å². The fourth-order valence-corrected chi connectivity index (χ4v) is 0.594. The molecule has 0 saturated heterocycles. The quantitative estimate of drug-likeness (QED) is 0.277. The van der Waals surface area contributed by atoms with E-state index >= 15 is 0 Å². The zero-order valence-corrected chi connectivity index (χ0v) is 7.82. The van der Waals surface area contributed by atoms with E-state index in [9.17, 15) is 9.59 Å². The van der Waals surface area contributed by atoms with Crippen LogP contribution >= 0.6 is 0 Å². The summed E-state index contributed by atoms with van der Waals surface area (Å²) in [5, 5.41) is 0. The van der Waals surface area contributed by atoms with Crippen LogP contribution in [0.1, 0.15) is 13.8 Å². The number of carbonyl (C=O) groups is 2. The first-order valence-electron chi connectivity index (χ1n) is 3.74. The Morgan fingerprint density at radius 1 is 1.62 bits per heavy atom. The molecule has 1 atom stereocenters. The summed E-state index contributed by atoms with van der Waals surface area (Å²) in [5.74, 6) is -0.527. The maximum atomic E-state index is 11.0. The van der Waals surface area contributed by atoms with E-state index in [0.717, 1.165) is 4.90 Å². The maximum absolute atomic E-state index is 11.0. The summed E-state index contributed by atoms with van der Waals surface area (Å²) in [7, 11) is 0. The molecule has 4 heteroatoms. The largest absolute Gasteiger partial charge is 0.438 e. The van der Waals surface area contributed by atoms with Crippen molar-refractivity contribution in [3.63, 3.8) is 0 Å². The van der Waals surface area contributed by atoms with Gasteiger partial charge in [-0.1, -0.05) is 13.2 Å². The van der Waals surface area contributed by atoms with Crippen LogP contribution in [-0.4, -0.2) is 23.5 Å². The Bertz CT molecular complexity index is 227. The SMILES string of the molecule is C=CN(C=O)C(C)OC(=O)C(=C)C. The van der Waals surface area contributed by atoms with Crippen LogP contribution in [0.15, 0.2) is 24.9 Å². The van der Waals surface area contributed by atoms with Crippen LogP contribution in [0.2, 0.25) is 0 Å². The van der Waals surface area contributed by atoms with Crippen molar-refractivity contribution in [1.82, 2.24) is 4.90 Å². The second-order valence-corrected chi connectivity index (χ2v) is 2.52. The third-order valence-electron chi connectivity index (χ3n) is 1.38. The molecule has 13 heavy (non-hydrogen) atoms. The maximum Gasteiger partial charge on any atom is 0.335 e. The van der Waals surface area contributed by atoms with Gasteiger partial charge >= 0.3 is 5.97 Å². The Morgan fingerprint density at radius 2 is 2.15 bits per heavy atom. The Labute approximate surface area is 77.5 Å². The topological polar surface area (TPSA) is 46.6 Å². The molecule has 4 nitrogen and oxygen atoms in total. The van der Waals surface area contributed by atoms with Gasteiger partial charge in [0.05, 0.1) is 0 Å². The first-order valence-corrected chi connectivity index (χ1v) is 3.74. The molecule has 1 amide bonds. The highest BCUT2D eigenvalue weighted by Gasteiger charge is 2.13. The van der Waals surface area contributed by atoms with E-state index in [-0.39, 0.29) is 0 Å². The first kappa shape index (κ1) is 11.4. The van der Waals surface area contributed by atoms with Gasteiger partial charge in [-0.25, -0.2) is 4.79 Å². The molecule has 0 spiro atoms. The molecule has 0 aromatic rings. The van der Waals surface area contributed by atoms with Crippen LogP contribution in [0.3, 0.4) is 0 Å². The molecule has 0 aliphatic carbocycles. The van der Waals surface area contributed by atoms with E-state index in [2.05, 4.69) is 13.2 Å². The summed E-state index contributed by atoms with van der Waals surface area (Å²) < 4.78 is 4.84. The molecular formula is C9H13NO3. The fourth-order valence-electron chi connectivity index (χ4n) is 0.594. The third kappa shape index (κ3) is 3.55. The van der Waals surface area contributed by atoms with E-state index in [1.54, 1.807) is 6.92 Å². The minimum absolute atomic E-state index is 0.293. The molecule has 0 aliphatic heterocycles. The van der Waals surface area contributed by atoms with Crippen molar-refractivity contribution in [1.29, 1.82) is 0 Å². The normalized spacial score (nSPS) is 11.2. The molecule has 0 saturated carbocycles. The minimum atomic E-state index is -0.654. The van der Waals surface area contributed by atoms with E-state index in [1.165, 1.54) is 13.1 Å². The van der Waals surface area contributed by atoms with Gasteiger partial charge in [-0.3, -0.25) is 9.69 Å². The average Bonchev–Trinajstić information content (AvgIpc) is 2.06. The second kappa shape index (κ2) is 5.13. The third-order valence-corrected chi connectivity index (χ3v) is 1.38. The van der Waals surface area contributed by atoms with Crippen LogP contribution in [0.25, 0.3) is 0 Å². The molecule has 0 bridgehead atoms. The number of rotatable bonds is 5. The van der Waals surface area contributed by atoms with E-state index in [4.69, 9.17) is 4.74 Å². The number of hydrogen-bond donors (Lipinski definition) is 0. The number of ether oxygens (including phenoxy) is 1. The van der Waals surface area contributed by atoms with Crippen LogP contribution in [-0.2, 0) is 14.3 Å². The molecule has 1 unspecified atom stereocenters. The van der Waals surface area contributed by atoms with Crippen molar-refractivity contribution in [3.05, 3.63) is 24.9 Å². The second-order valence-electron chi connectivity index (χ2n) is 2.52. The highest BCUT2D eigenvalue weighted by atomic mass is 16.6. The van der Waals surface area contributed by atoms with Gasteiger partial charge in [-0.15, -0.1) is 0 Å². The highest BCUT2D eigenvalue weighted by molar-refractivity contribution is 5.87. The van der Waals surface area contributed by atoms with E-state index in [0.29, 0.717) is 12.0 Å². The molecule has 0 fully saturated rings. The lowest BCUT2D eigenvalue weighted by molar-refractivity contribution is -0.152. The standard InChI is InChI=1S/C9H13NO3/c1-5-10(6-11)8(4)13-9(12)7(2)3/h5-6,8H,1-2H2,3-4H3. The van der Waals surface area contributed by atoms with Crippen molar-refractivity contribution in [3.8, 4) is 0 Å². The van der Waals surface area contributed by atoms with Gasteiger partial charge in [0.15, 0.2) is 6.23 Å². The van der Waals surface area contributed by atoms with Crippen LogP contribution in [0.4, 0.5) is 0 Å². The smallest absolute Gasteiger partial charge is 0.335 e. The molecule has 72 valence electrons. The van der Waals surface area contributed by atoms with Crippen molar-refractivity contribution in [2.24, 2.45) is 0 Å². The molecule has 0 aromatic carbocycles. The van der Waals surface area contributed by atoms with Crippen molar-refractivity contribution >= 4 is 12.4 Å². The zero-order valence-electron chi connectivity index (χ0n) is 7.82. The molecule has 0 radical (unpaired) electrons. The van der Waals surface area contributed by atoms with Crippen LogP contribution in [0.5, 0.6) is 0 Å². The summed E-state index contributed by atoms with van der Waals surface area (Å²) in [5.41, 5.74) is 0.293. The molecule has 0 aromatic heterocycles. The number of nitrogens with zero attached hydrogens (tertiary/aromatic N) is 1. The summed E-state index contributed by atoms with van der Waals surface area (Å²) in [6.07, 6.45) is 1.16. The van der Waals surface area contributed by atoms with Gasteiger partial charge in [0.25, 0.3) is 0 Å². The fraction of sp³-hybridized carbons (Fsp3) is 0.333. The van der Waals surface area contributed by atoms with Gasteiger partial charge in [0.1, 0.15) is 0 Å².